The minimum atomic E-state index is -3.07. The van der Waals surface area contributed by atoms with Gasteiger partial charge in [-0.2, -0.15) is 0 Å². The Morgan fingerprint density at radius 2 is 2.19 bits per heavy atom. The molecule has 3 rings (SSSR count). The van der Waals surface area contributed by atoms with E-state index in [0.29, 0.717) is 11.3 Å². The number of halogens is 3. The summed E-state index contributed by atoms with van der Waals surface area (Å²) in [7, 11) is 0. The smallest absolute Gasteiger partial charge is 0.269 e. The molecule has 168 valence electrons. The maximum Gasteiger partial charge on any atom is 0.269 e. The van der Waals surface area contributed by atoms with E-state index in [2.05, 4.69) is 26.8 Å². The lowest BCUT2D eigenvalue weighted by Crippen LogP contribution is -2.45. The number of nitrogens with two attached hydrogens (primary N) is 1. The first-order valence-electron chi connectivity index (χ1n) is 9.65. The number of benzene rings is 1. The van der Waals surface area contributed by atoms with Gasteiger partial charge in [0, 0.05) is 12.0 Å². The molecule has 10 heteroatoms. The SMILES string of the molecule is CC#CCOc1cnc(C(=O)Cc2ccc(F)c([C@]3(C(F)F)COCC(N)=N3)c2)c(C)n1. The largest absolute Gasteiger partial charge is 0.463 e. The first kappa shape index (κ1) is 23.2. The number of aliphatic imine (C=N–C) groups is 1. The van der Waals surface area contributed by atoms with Gasteiger partial charge >= 0.3 is 0 Å². The zero-order valence-electron chi connectivity index (χ0n) is 17.5. The van der Waals surface area contributed by atoms with Crippen LogP contribution in [0.1, 0.15) is 34.2 Å². The molecule has 1 aromatic carbocycles. The minimum Gasteiger partial charge on any atom is -0.463 e. The molecule has 0 saturated heterocycles. The van der Waals surface area contributed by atoms with Crippen LogP contribution in [0.25, 0.3) is 0 Å². The molecule has 0 amide bonds. The van der Waals surface area contributed by atoms with Gasteiger partial charge in [-0.15, -0.1) is 5.92 Å². The quantitative estimate of drug-likeness (QED) is 0.519. The normalized spacial score (nSPS) is 18.0. The third kappa shape index (κ3) is 4.89. The van der Waals surface area contributed by atoms with Crippen molar-refractivity contribution in [2.24, 2.45) is 10.7 Å². The second kappa shape index (κ2) is 9.78. The Morgan fingerprint density at radius 1 is 1.41 bits per heavy atom. The van der Waals surface area contributed by atoms with Gasteiger partial charge in [-0.05, 0) is 31.5 Å². The molecular weight excluding hydrogens is 425 g/mol. The Bertz CT molecular complexity index is 1110. The van der Waals surface area contributed by atoms with Gasteiger partial charge < -0.3 is 15.2 Å². The summed E-state index contributed by atoms with van der Waals surface area (Å²) >= 11 is 0. The summed E-state index contributed by atoms with van der Waals surface area (Å²) in [6.07, 6.45) is -1.97. The third-order valence-electron chi connectivity index (χ3n) is 4.80. The number of hydrogen-bond donors (Lipinski definition) is 1. The Labute approximate surface area is 182 Å². The molecule has 0 fully saturated rings. The molecule has 2 aromatic rings. The first-order chi connectivity index (χ1) is 15.3. The van der Waals surface area contributed by atoms with Crippen LogP contribution in [0.5, 0.6) is 5.88 Å². The molecule has 0 saturated carbocycles. The van der Waals surface area contributed by atoms with E-state index in [1.54, 1.807) is 13.8 Å². The number of aryl methyl sites for hydroxylation is 1. The van der Waals surface area contributed by atoms with Crippen LogP contribution in [0.2, 0.25) is 0 Å². The zero-order valence-corrected chi connectivity index (χ0v) is 17.5. The highest BCUT2D eigenvalue weighted by atomic mass is 19.3. The Hall–Kier alpha value is -3.45. The van der Waals surface area contributed by atoms with Crippen LogP contribution in [0.15, 0.2) is 29.4 Å². The minimum absolute atomic E-state index is 0.0941. The average Bonchev–Trinajstić information content (AvgIpc) is 2.75. The number of ketones is 1. The lowest BCUT2D eigenvalue weighted by atomic mass is 9.88. The molecule has 1 atom stereocenters. The fourth-order valence-corrected chi connectivity index (χ4v) is 3.27. The van der Waals surface area contributed by atoms with Crippen molar-refractivity contribution >= 4 is 11.6 Å². The maximum atomic E-state index is 14.6. The van der Waals surface area contributed by atoms with Crippen LogP contribution in [-0.2, 0) is 16.7 Å². The topological polar surface area (TPSA) is 99.7 Å². The Kier molecular flexibility index (Phi) is 7.10. The summed E-state index contributed by atoms with van der Waals surface area (Å²) < 4.78 is 52.9. The summed E-state index contributed by atoms with van der Waals surface area (Å²) in [5.41, 5.74) is 3.66. The van der Waals surface area contributed by atoms with Crippen molar-refractivity contribution in [1.29, 1.82) is 0 Å². The number of aromatic nitrogens is 2. The number of rotatable bonds is 7. The molecule has 1 aliphatic heterocycles. The lowest BCUT2D eigenvalue weighted by Gasteiger charge is -2.33. The van der Waals surface area contributed by atoms with Crippen molar-refractivity contribution in [3.05, 3.63) is 52.7 Å². The molecule has 0 unspecified atom stereocenters. The predicted octanol–water partition coefficient (Wildman–Crippen LogP) is 2.60. The van der Waals surface area contributed by atoms with Crippen molar-refractivity contribution in [3.8, 4) is 17.7 Å². The van der Waals surface area contributed by atoms with E-state index in [1.165, 1.54) is 18.3 Å². The highest BCUT2D eigenvalue weighted by molar-refractivity contribution is 5.96. The first-order valence-corrected chi connectivity index (χ1v) is 9.65. The van der Waals surface area contributed by atoms with Gasteiger partial charge in [0.2, 0.25) is 5.88 Å². The Balaban J connectivity index is 1.87. The van der Waals surface area contributed by atoms with Gasteiger partial charge in [0.25, 0.3) is 6.43 Å². The van der Waals surface area contributed by atoms with E-state index >= 15 is 0 Å². The fraction of sp³-hybridized carbons (Fsp3) is 0.364. The summed E-state index contributed by atoms with van der Waals surface area (Å²) in [6.45, 7) is 2.76. The fourth-order valence-electron chi connectivity index (χ4n) is 3.27. The number of carbonyl (C=O) groups is 1. The van der Waals surface area contributed by atoms with Crippen LogP contribution in [0, 0.1) is 24.6 Å². The number of hydrogen-bond acceptors (Lipinski definition) is 7. The van der Waals surface area contributed by atoms with Crippen LogP contribution < -0.4 is 10.5 Å². The summed E-state index contributed by atoms with van der Waals surface area (Å²) in [5, 5.41) is 0. The molecule has 0 spiro atoms. The van der Waals surface area contributed by atoms with Gasteiger partial charge in [-0.3, -0.25) is 9.79 Å². The summed E-state index contributed by atoms with van der Waals surface area (Å²) in [5.74, 6) is 4.15. The van der Waals surface area contributed by atoms with Crippen molar-refractivity contribution in [1.82, 2.24) is 9.97 Å². The van der Waals surface area contributed by atoms with Gasteiger partial charge in [0.15, 0.2) is 17.9 Å². The van der Waals surface area contributed by atoms with Crippen LogP contribution in [0.3, 0.4) is 0 Å². The van der Waals surface area contributed by atoms with Crippen molar-refractivity contribution in [2.45, 2.75) is 32.2 Å². The Morgan fingerprint density at radius 3 is 2.84 bits per heavy atom. The molecule has 0 radical (unpaired) electrons. The van der Waals surface area contributed by atoms with Gasteiger partial charge in [0.1, 0.15) is 24.0 Å². The molecule has 2 N–H and O–H groups in total. The summed E-state index contributed by atoms with van der Waals surface area (Å²) in [4.78, 5) is 24.9. The monoisotopic (exact) mass is 446 g/mol. The standard InChI is InChI=1S/C22H21F3N4O3/c1-3-4-7-32-19-10-27-20(13(2)28-19)17(30)9-14-5-6-16(23)15(8-14)22(21(24)25)12-31-11-18(26)29-22/h5-6,8,10,21H,7,9,11-12H2,1-2H3,(H2,26,29)/t22-/m0/s1. The van der Waals surface area contributed by atoms with Crippen LogP contribution >= 0.6 is 0 Å². The second-order valence-corrected chi connectivity index (χ2v) is 7.09. The van der Waals surface area contributed by atoms with Crippen molar-refractivity contribution < 1.29 is 27.4 Å². The number of nitrogens with zero attached hydrogens (tertiary/aromatic N) is 3. The molecule has 7 nitrogen and oxygen atoms in total. The number of Topliss-reactive ketones (excluding diaryl/α,β-unsaturated/α-hetero) is 1. The molecule has 1 aromatic heterocycles. The highest BCUT2D eigenvalue weighted by Gasteiger charge is 2.46. The van der Waals surface area contributed by atoms with E-state index in [-0.39, 0.29) is 42.6 Å². The van der Waals surface area contributed by atoms with Crippen LogP contribution in [-0.4, -0.2) is 47.8 Å². The molecule has 1 aliphatic rings. The molecule has 2 heterocycles. The summed E-state index contributed by atoms with van der Waals surface area (Å²) in [6, 6.07) is 3.55. The van der Waals surface area contributed by atoms with Gasteiger partial charge in [-0.1, -0.05) is 12.0 Å². The average molecular weight is 446 g/mol. The lowest BCUT2D eigenvalue weighted by molar-refractivity contribution is -0.0146. The molecule has 32 heavy (non-hydrogen) atoms. The van der Waals surface area contributed by atoms with E-state index in [0.717, 1.165) is 6.07 Å². The predicted molar refractivity (Wildman–Crippen MR) is 110 cm³/mol. The second-order valence-electron chi connectivity index (χ2n) is 7.09. The highest BCUT2D eigenvalue weighted by Crippen LogP contribution is 2.37. The van der Waals surface area contributed by atoms with Crippen molar-refractivity contribution in [3.63, 3.8) is 0 Å². The van der Waals surface area contributed by atoms with E-state index in [1.807, 2.05) is 0 Å². The van der Waals surface area contributed by atoms with E-state index in [4.69, 9.17) is 15.2 Å². The maximum absolute atomic E-state index is 14.6. The number of ether oxygens (including phenoxy) is 2. The van der Waals surface area contributed by atoms with Gasteiger partial charge in [0.05, 0.1) is 18.5 Å². The molecular formula is C22H21F3N4O3. The van der Waals surface area contributed by atoms with Gasteiger partial charge in [-0.25, -0.2) is 23.1 Å². The number of carbonyl (C=O) groups excluding carboxylic acids is 1. The van der Waals surface area contributed by atoms with Crippen LogP contribution in [0.4, 0.5) is 13.2 Å². The number of alkyl halides is 2. The zero-order chi connectivity index (χ0) is 23.3. The third-order valence-corrected chi connectivity index (χ3v) is 4.80. The van der Waals surface area contributed by atoms with E-state index < -0.39 is 30.2 Å². The van der Waals surface area contributed by atoms with Crippen molar-refractivity contribution in [2.75, 3.05) is 19.8 Å². The molecule has 0 bridgehead atoms. The number of amidine groups is 1. The van der Waals surface area contributed by atoms with E-state index in [9.17, 15) is 18.0 Å². The molecule has 0 aliphatic carbocycles.